The lowest BCUT2D eigenvalue weighted by Gasteiger charge is -2.08. The first-order valence-corrected chi connectivity index (χ1v) is 8.41. The third kappa shape index (κ3) is 4.22. The molecule has 1 aromatic heterocycles. The van der Waals surface area contributed by atoms with E-state index in [2.05, 4.69) is 26.4 Å². The van der Waals surface area contributed by atoms with Crippen LogP contribution in [0.1, 0.15) is 21.5 Å². The highest BCUT2D eigenvalue weighted by Gasteiger charge is 2.06. The van der Waals surface area contributed by atoms with Gasteiger partial charge in [-0.1, -0.05) is 30.3 Å². The maximum absolute atomic E-state index is 11.9. The summed E-state index contributed by atoms with van der Waals surface area (Å²) in [6.45, 7) is 0.940. The number of H-pyrrole nitrogens is 1. The number of aromatic amines is 1. The minimum absolute atomic E-state index is 0.220. The minimum atomic E-state index is -0.375. The van der Waals surface area contributed by atoms with Gasteiger partial charge in [-0.2, -0.15) is 0 Å². The van der Waals surface area contributed by atoms with E-state index in [1.807, 2.05) is 24.4 Å². The van der Waals surface area contributed by atoms with Crippen LogP contribution in [-0.2, 0) is 17.7 Å². The lowest BCUT2D eigenvalue weighted by molar-refractivity contribution is 0.0600. The largest absolute Gasteiger partial charge is 0.465 e. The van der Waals surface area contributed by atoms with Crippen molar-refractivity contribution in [3.63, 3.8) is 0 Å². The fourth-order valence-electron chi connectivity index (χ4n) is 2.77. The van der Waals surface area contributed by atoms with Gasteiger partial charge in [-0.15, -0.1) is 0 Å². The van der Waals surface area contributed by atoms with Crippen molar-refractivity contribution in [3.8, 4) is 0 Å². The predicted molar refractivity (Wildman–Crippen MR) is 100 cm³/mol. The number of rotatable bonds is 6. The number of aromatic nitrogens is 1. The minimum Gasteiger partial charge on any atom is -0.465 e. The topological polar surface area (TPSA) is 83.2 Å². The summed E-state index contributed by atoms with van der Waals surface area (Å²) in [5.74, 6) is -0.375. The Bertz CT molecular complexity index is 900. The Kier molecular flexibility index (Phi) is 5.53. The van der Waals surface area contributed by atoms with E-state index in [1.165, 1.54) is 18.1 Å². The average molecular weight is 351 g/mol. The molecule has 0 aliphatic heterocycles. The number of amides is 2. The van der Waals surface area contributed by atoms with E-state index in [-0.39, 0.29) is 12.0 Å². The number of hydrogen-bond acceptors (Lipinski definition) is 3. The summed E-state index contributed by atoms with van der Waals surface area (Å²) < 4.78 is 4.66. The zero-order chi connectivity index (χ0) is 18.4. The Labute approximate surface area is 151 Å². The van der Waals surface area contributed by atoms with Gasteiger partial charge < -0.3 is 20.4 Å². The van der Waals surface area contributed by atoms with Crippen LogP contribution in [-0.4, -0.2) is 30.6 Å². The number of carbonyl (C=O) groups is 2. The molecule has 6 nitrogen and oxygen atoms in total. The fraction of sp³-hybridized carbons (Fsp3) is 0.200. The van der Waals surface area contributed by atoms with Gasteiger partial charge in [0.2, 0.25) is 0 Å². The number of hydrogen-bond donors (Lipinski definition) is 3. The zero-order valence-electron chi connectivity index (χ0n) is 14.5. The maximum Gasteiger partial charge on any atom is 0.337 e. The molecule has 3 rings (SSSR count). The van der Waals surface area contributed by atoms with Crippen LogP contribution < -0.4 is 10.6 Å². The van der Waals surface area contributed by atoms with Crippen LogP contribution in [0, 0.1) is 0 Å². The monoisotopic (exact) mass is 351 g/mol. The SMILES string of the molecule is COC(=O)c1ccc(CNC(=O)NCCc2c[nH]c3ccccc23)cc1. The van der Waals surface area contributed by atoms with Crippen molar-refractivity contribution < 1.29 is 14.3 Å². The van der Waals surface area contributed by atoms with Crippen LogP contribution in [0.4, 0.5) is 4.79 Å². The van der Waals surface area contributed by atoms with Crippen LogP contribution in [0.2, 0.25) is 0 Å². The second-order valence-corrected chi connectivity index (χ2v) is 5.91. The molecule has 2 amide bonds. The van der Waals surface area contributed by atoms with Crippen molar-refractivity contribution in [1.82, 2.24) is 15.6 Å². The number of ether oxygens (including phenoxy) is 1. The number of nitrogens with one attached hydrogen (secondary N) is 3. The maximum atomic E-state index is 11.9. The van der Waals surface area contributed by atoms with Crippen LogP contribution in [0.15, 0.2) is 54.7 Å². The second kappa shape index (κ2) is 8.20. The molecule has 1 heterocycles. The van der Waals surface area contributed by atoms with Gasteiger partial charge in [-0.25, -0.2) is 9.59 Å². The van der Waals surface area contributed by atoms with Crippen molar-refractivity contribution in [2.75, 3.05) is 13.7 Å². The van der Waals surface area contributed by atoms with Gasteiger partial charge in [0, 0.05) is 30.2 Å². The molecule has 0 aliphatic carbocycles. The summed E-state index contributed by atoms with van der Waals surface area (Å²) in [4.78, 5) is 26.5. The Morgan fingerprint density at radius 2 is 1.81 bits per heavy atom. The van der Waals surface area contributed by atoms with Crippen LogP contribution >= 0.6 is 0 Å². The highest BCUT2D eigenvalue weighted by atomic mass is 16.5. The highest BCUT2D eigenvalue weighted by Crippen LogP contribution is 2.17. The van der Waals surface area contributed by atoms with Gasteiger partial charge in [0.25, 0.3) is 0 Å². The Hall–Kier alpha value is -3.28. The molecule has 134 valence electrons. The van der Waals surface area contributed by atoms with Crippen molar-refractivity contribution in [3.05, 3.63) is 71.4 Å². The molecule has 0 unspecified atom stereocenters. The number of carbonyl (C=O) groups excluding carboxylic acids is 2. The molecule has 26 heavy (non-hydrogen) atoms. The molecule has 0 radical (unpaired) electrons. The molecule has 3 aromatic rings. The summed E-state index contributed by atoms with van der Waals surface area (Å²) in [5.41, 5.74) is 3.67. The van der Waals surface area contributed by atoms with Crippen molar-refractivity contribution >= 4 is 22.9 Å². The Morgan fingerprint density at radius 1 is 1.04 bits per heavy atom. The first kappa shape index (κ1) is 17.5. The van der Waals surface area contributed by atoms with E-state index in [4.69, 9.17) is 0 Å². The van der Waals surface area contributed by atoms with Gasteiger partial charge >= 0.3 is 12.0 Å². The number of urea groups is 1. The summed E-state index contributed by atoms with van der Waals surface area (Å²) >= 11 is 0. The normalized spacial score (nSPS) is 10.5. The molecule has 2 aromatic carbocycles. The molecule has 6 heteroatoms. The molecular weight excluding hydrogens is 330 g/mol. The van der Waals surface area contributed by atoms with Crippen LogP contribution in [0.5, 0.6) is 0 Å². The van der Waals surface area contributed by atoms with Gasteiger partial charge in [0.1, 0.15) is 0 Å². The van der Waals surface area contributed by atoms with Gasteiger partial charge in [-0.05, 0) is 35.7 Å². The van der Waals surface area contributed by atoms with E-state index in [9.17, 15) is 9.59 Å². The molecule has 3 N–H and O–H groups in total. The summed E-state index contributed by atoms with van der Waals surface area (Å²) in [6, 6.07) is 14.8. The van der Waals surface area contributed by atoms with Crippen molar-refractivity contribution in [2.45, 2.75) is 13.0 Å². The molecular formula is C20H21N3O3. The summed E-state index contributed by atoms with van der Waals surface area (Å²) in [5, 5.41) is 6.84. The van der Waals surface area contributed by atoms with E-state index in [1.54, 1.807) is 24.3 Å². The first-order chi connectivity index (χ1) is 12.7. The molecule has 0 aliphatic rings. The first-order valence-electron chi connectivity index (χ1n) is 8.41. The van der Waals surface area contributed by atoms with Crippen molar-refractivity contribution in [2.24, 2.45) is 0 Å². The fourth-order valence-corrected chi connectivity index (χ4v) is 2.77. The van der Waals surface area contributed by atoms with Crippen molar-refractivity contribution in [1.29, 1.82) is 0 Å². The van der Waals surface area contributed by atoms with Crippen LogP contribution in [0.25, 0.3) is 10.9 Å². The van der Waals surface area contributed by atoms with Gasteiger partial charge in [0.15, 0.2) is 0 Å². The lowest BCUT2D eigenvalue weighted by atomic mass is 10.1. The van der Waals surface area contributed by atoms with E-state index in [0.717, 1.165) is 17.5 Å². The molecule has 0 spiro atoms. The molecule has 0 fully saturated rings. The summed E-state index contributed by atoms with van der Waals surface area (Å²) in [6.07, 6.45) is 2.73. The zero-order valence-corrected chi connectivity index (χ0v) is 14.5. The molecule has 0 atom stereocenters. The Balaban J connectivity index is 1.43. The third-order valence-electron chi connectivity index (χ3n) is 4.18. The smallest absolute Gasteiger partial charge is 0.337 e. The third-order valence-corrected chi connectivity index (χ3v) is 4.18. The number of para-hydroxylation sites is 1. The number of methoxy groups -OCH3 is 1. The van der Waals surface area contributed by atoms with Gasteiger partial charge in [-0.3, -0.25) is 0 Å². The average Bonchev–Trinajstić information content (AvgIpc) is 3.09. The molecule has 0 saturated carbocycles. The number of esters is 1. The van der Waals surface area contributed by atoms with E-state index >= 15 is 0 Å². The van der Waals surface area contributed by atoms with Gasteiger partial charge in [0.05, 0.1) is 12.7 Å². The quantitative estimate of drug-likeness (QED) is 0.597. The highest BCUT2D eigenvalue weighted by molar-refractivity contribution is 5.89. The molecule has 0 bridgehead atoms. The summed E-state index contributed by atoms with van der Waals surface area (Å²) in [7, 11) is 1.35. The van der Waals surface area contributed by atoms with E-state index in [0.29, 0.717) is 18.7 Å². The standard InChI is InChI=1S/C20H21N3O3/c1-26-19(24)15-8-6-14(7-9-15)12-23-20(25)21-11-10-16-13-22-18-5-3-2-4-17(16)18/h2-9,13,22H,10-12H2,1H3,(H2,21,23,25). The number of fused-ring (bicyclic) bond motifs is 1. The van der Waals surface area contributed by atoms with E-state index < -0.39 is 0 Å². The number of benzene rings is 2. The Morgan fingerprint density at radius 3 is 2.58 bits per heavy atom. The van der Waals surface area contributed by atoms with Crippen LogP contribution in [0.3, 0.4) is 0 Å². The second-order valence-electron chi connectivity index (χ2n) is 5.91. The molecule has 0 saturated heterocycles. The predicted octanol–water partition coefficient (Wildman–Crippen LogP) is 3.00. The lowest BCUT2D eigenvalue weighted by Crippen LogP contribution is -2.36.